The molecule has 13 heteroatoms. The van der Waals surface area contributed by atoms with Crippen molar-refractivity contribution in [3.8, 4) is 0 Å². The summed E-state index contributed by atoms with van der Waals surface area (Å²) in [6, 6.07) is 11.6. The first kappa shape index (κ1) is 33.0. The molecule has 0 bridgehead atoms. The Morgan fingerprint density at radius 2 is 1.31 bits per heavy atom. The Bertz CT molecular complexity index is 1010. The van der Waals surface area contributed by atoms with E-state index in [1.165, 1.54) is 0 Å². The van der Waals surface area contributed by atoms with E-state index in [1.54, 1.807) is 12.4 Å². The summed E-state index contributed by atoms with van der Waals surface area (Å²) < 4.78 is 0. The first-order chi connectivity index (χ1) is 20.4. The Balaban J connectivity index is 1.52. The van der Waals surface area contributed by atoms with Crippen molar-refractivity contribution in [2.24, 2.45) is 0 Å². The Labute approximate surface area is 247 Å². The fourth-order valence-corrected chi connectivity index (χ4v) is 4.78. The average Bonchev–Trinajstić information content (AvgIpc) is 2.95. The van der Waals surface area contributed by atoms with E-state index in [4.69, 9.17) is 0 Å². The third-order valence-corrected chi connectivity index (χ3v) is 7.02. The molecule has 1 aliphatic rings. The molecule has 2 aromatic rings. The van der Waals surface area contributed by atoms with Crippen LogP contribution >= 0.6 is 0 Å². The van der Waals surface area contributed by atoms with Gasteiger partial charge in [-0.25, -0.2) is 0 Å². The van der Waals surface area contributed by atoms with Gasteiger partial charge in [-0.05, 0) is 24.3 Å². The van der Waals surface area contributed by atoms with Crippen LogP contribution in [0.3, 0.4) is 0 Å². The summed E-state index contributed by atoms with van der Waals surface area (Å²) in [7, 11) is 0. The second-order valence-corrected chi connectivity index (χ2v) is 10.4. The van der Waals surface area contributed by atoms with E-state index in [0.717, 1.165) is 11.4 Å². The molecule has 0 radical (unpaired) electrons. The van der Waals surface area contributed by atoms with Crippen LogP contribution in [0.5, 0.6) is 0 Å². The smallest absolute Gasteiger partial charge is 0.317 e. The van der Waals surface area contributed by atoms with Crippen molar-refractivity contribution in [1.29, 1.82) is 0 Å². The van der Waals surface area contributed by atoms with Gasteiger partial charge in [0.1, 0.15) is 0 Å². The van der Waals surface area contributed by atoms with Gasteiger partial charge in [-0.15, -0.1) is 0 Å². The van der Waals surface area contributed by atoms with Crippen molar-refractivity contribution in [3.05, 3.63) is 60.2 Å². The molecule has 13 nitrogen and oxygen atoms in total. The van der Waals surface area contributed by atoms with Crippen LogP contribution in [0.25, 0.3) is 0 Å². The van der Waals surface area contributed by atoms with E-state index < -0.39 is 11.9 Å². The van der Waals surface area contributed by atoms with Crippen LogP contribution in [0.1, 0.15) is 17.8 Å². The van der Waals surface area contributed by atoms with Gasteiger partial charge in [-0.1, -0.05) is 12.1 Å². The standard InChI is InChI=1S/C29H44N8O5/c38-27(33-12-16-37(21-25-5-1-3-8-31-25)22-26-6-2-4-9-32-26)7-13-34-17-19-35(23-28(39)40)14-10-30-11-15-36(20-18-34)24-29(41)42/h1-6,8-9,30H,7,10-24H2,(H,33,38)(H,39,40)(H,41,42). The topological polar surface area (TPSA) is 154 Å². The number of hydrogen-bond acceptors (Lipinski definition) is 10. The van der Waals surface area contributed by atoms with E-state index in [1.807, 2.05) is 46.2 Å². The van der Waals surface area contributed by atoms with Crippen LogP contribution in [0.4, 0.5) is 0 Å². The highest BCUT2D eigenvalue weighted by Gasteiger charge is 2.17. The van der Waals surface area contributed by atoms with Gasteiger partial charge in [0.15, 0.2) is 0 Å². The predicted molar refractivity (Wildman–Crippen MR) is 158 cm³/mol. The normalized spacial score (nSPS) is 16.4. The molecule has 3 heterocycles. The SMILES string of the molecule is O=C(O)CN1CCNCCN(CC(=O)O)CCN(CCC(=O)NCCN(Cc2ccccn2)Cc2ccccn2)CC1. The number of hydrogen-bond donors (Lipinski definition) is 4. The summed E-state index contributed by atoms with van der Waals surface area (Å²) in [6.45, 7) is 7.44. The van der Waals surface area contributed by atoms with Crippen molar-refractivity contribution >= 4 is 17.8 Å². The van der Waals surface area contributed by atoms with E-state index in [0.29, 0.717) is 91.5 Å². The fourth-order valence-electron chi connectivity index (χ4n) is 4.78. The molecule has 3 rings (SSSR count). The summed E-state index contributed by atoms with van der Waals surface area (Å²) in [5, 5.41) is 24.9. The van der Waals surface area contributed by atoms with Crippen molar-refractivity contribution in [3.63, 3.8) is 0 Å². The zero-order valence-electron chi connectivity index (χ0n) is 24.2. The summed E-state index contributed by atoms with van der Waals surface area (Å²) >= 11 is 0. The van der Waals surface area contributed by atoms with Gasteiger partial charge in [0.25, 0.3) is 0 Å². The lowest BCUT2D eigenvalue weighted by Crippen LogP contribution is -2.47. The number of carboxylic acid groups (broad SMARTS) is 2. The summed E-state index contributed by atoms with van der Waals surface area (Å²) in [5.41, 5.74) is 1.89. The van der Waals surface area contributed by atoms with Gasteiger partial charge in [0.2, 0.25) is 5.91 Å². The van der Waals surface area contributed by atoms with Gasteiger partial charge in [0, 0.05) is 104 Å². The highest BCUT2D eigenvalue weighted by molar-refractivity contribution is 5.76. The van der Waals surface area contributed by atoms with Gasteiger partial charge >= 0.3 is 11.9 Å². The molecule has 0 aliphatic carbocycles. The first-order valence-electron chi connectivity index (χ1n) is 14.5. The van der Waals surface area contributed by atoms with Crippen molar-refractivity contribution in [2.45, 2.75) is 19.5 Å². The van der Waals surface area contributed by atoms with Crippen LogP contribution in [-0.4, -0.2) is 143 Å². The van der Waals surface area contributed by atoms with Crippen molar-refractivity contribution in [1.82, 2.24) is 40.2 Å². The Kier molecular flexibility index (Phi) is 14.8. The van der Waals surface area contributed by atoms with E-state index in [9.17, 15) is 24.6 Å². The maximum absolute atomic E-state index is 12.8. The largest absolute Gasteiger partial charge is 0.480 e. The van der Waals surface area contributed by atoms with Crippen molar-refractivity contribution < 1.29 is 24.6 Å². The highest BCUT2D eigenvalue weighted by Crippen LogP contribution is 2.06. The molecule has 0 saturated carbocycles. The lowest BCUT2D eigenvalue weighted by molar-refractivity contribution is -0.139. The van der Waals surface area contributed by atoms with Gasteiger partial charge < -0.3 is 25.7 Å². The van der Waals surface area contributed by atoms with Crippen LogP contribution in [0.2, 0.25) is 0 Å². The first-order valence-corrected chi connectivity index (χ1v) is 14.5. The Morgan fingerprint density at radius 1 is 0.786 bits per heavy atom. The number of aliphatic carboxylic acids is 2. The molecule has 1 saturated heterocycles. The molecule has 1 amide bonds. The highest BCUT2D eigenvalue weighted by atomic mass is 16.4. The Morgan fingerprint density at radius 3 is 1.79 bits per heavy atom. The molecule has 0 spiro atoms. The zero-order chi connectivity index (χ0) is 30.0. The number of rotatable bonds is 14. The summed E-state index contributed by atoms with van der Waals surface area (Å²) in [5.74, 6) is -1.81. The number of nitrogens with zero attached hydrogens (tertiary/aromatic N) is 6. The predicted octanol–water partition coefficient (Wildman–Crippen LogP) is -0.336. The van der Waals surface area contributed by atoms with Gasteiger partial charge in [0.05, 0.1) is 24.5 Å². The monoisotopic (exact) mass is 584 g/mol. The van der Waals surface area contributed by atoms with Crippen LogP contribution in [0.15, 0.2) is 48.8 Å². The minimum atomic E-state index is -0.874. The van der Waals surface area contributed by atoms with Crippen LogP contribution < -0.4 is 10.6 Å². The molecular formula is C29H44N8O5. The van der Waals surface area contributed by atoms with Crippen molar-refractivity contribution in [2.75, 3.05) is 85.1 Å². The molecular weight excluding hydrogens is 540 g/mol. The number of carbonyl (C=O) groups is 3. The van der Waals surface area contributed by atoms with E-state index in [2.05, 4.69) is 30.4 Å². The van der Waals surface area contributed by atoms with E-state index in [-0.39, 0.29) is 19.0 Å². The minimum Gasteiger partial charge on any atom is -0.480 e. The molecule has 1 fully saturated rings. The molecule has 2 aromatic heterocycles. The van der Waals surface area contributed by atoms with Crippen LogP contribution in [-0.2, 0) is 27.5 Å². The quantitative estimate of drug-likeness (QED) is 0.230. The maximum Gasteiger partial charge on any atom is 0.317 e. The number of pyridine rings is 2. The lowest BCUT2D eigenvalue weighted by atomic mass is 10.2. The summed E-state index contributed by atoms with van der Waals surface area (Å²) in [4.78, 5) is 52.4. The molecule has 4 N–H and O–H groups in total. The third kappa shape index (κ3) is 13.9. The second-order valence-electron chi connectivity index (χ2n) is 10.4. The number of carboxylic acids is 2. The number of carbonyl (C=O) groups excluding carboxylic acids is 1. The molecule has 42 heavy (non-hydrogen) atoms. The third-order valence-electron chi connectivity index (χ3n) is 7.02. The average molecular weight is 585 g/mol. The minimum absolute atomic E-state index is 0.0470. The fraction of sp³-hybridized carbons (Fsp3) is 0.552. The molecule has 0 atom stereocenters. The van der Waals surface area contributed by atoms with E-state index >= 15 is 0 Å². The van der Waals surface area contributed by atoms with Gasteiger partial charge in [-0.2, -0.15) is 0 Å². The Hall–Kier alpha value is -3.49. The molecule has 1 aliphatic heterocycles. The number of amides is 1. The van der Waals surface area contributed by atoms with Crippen LogP contribution in [0, 0.1) is 0 Å². The number of aromatic nitrogens is 2. The molecule has 0 unspecified atom stereocenters. The molecule has 230 valence electrons. The summed E-state index contributed by atoms with van der Waals surface area (Å²) in [6.07, 6.45) is 3.83. The second kappa shape index (κ2) is 18.8. The molecule has 0 aromatic carbocycles. The maximum atomic E-state index is 12.8. The lowest BCUT2D eigenvalue weighted by Gasteiger charge is -2.30. The number of nitrogens with one attached hydrogen (secondary N) is 2. The van der Waals surface area contributed by atoms with Gasteiger partial charge in [-0.3, -0.25) is 39.1 Å². The zero-order valence-corrected chi connectivity index (χ0v) is 24.2.